The highest BCUT2D eigenvalue weighted by Crippen LogP contribution is 1.96. The molecule has 0 rings (SSSR count). The first-order chi connectivity index (χ1) is 22.3. The number of imide groups is 1. The lowest BCUT2D eigenvalue weighted by molar-refractivity contribution is -0.139. The van der Waals surface area contributed by atoms with E-state index in [-0.39, 0.29) is 28.7 Å². The molecule has 0 aliphatic rings. The predicted molar refractivity (Wildman–Crippen MR) is 176 cm³/mol. The summed E-state index contributed by atoms with van der Waals surface area (Å²) in [6, 6.07) is 1.32. The molecule has 0 aromatic rings. The number of carbonyl (C=O) groups is 8. The number of esters is 3. The molecule has 0 saturated carbocycles. The van der Waals surface area contributed by atoms with Gasteiger partial charge in [0.05, 0.1) is 32.3 Å². The van der Waals surface area contributed by atoms with E-state index in [0.717, 1.165) is 25.0 Å². The van der Waals surface area contributed by atoms with Crippen LogP contribution in [0, 0.1) is 6.07 Å². The Kier molecular flexibility index (Phi) is 37.5. The van der Waals surface area contributed by atoms with Crippen LogP contribution in [0.25, 0.3) is 4.85 Å². The van der Waals surface area contributed by atoms with Crippen LogP contribution in [0.1, 0.15) is 40.0 Å². The number of carbonyl (C=O) groups excluding carboxylic acids is 5. The van der Waals surface area contributed by atoms with Crippen LogP contribution in [0.2, 0.25) is 0 Å². The number of allylic oxidation sites excluding steroid dienone is 1. The molecule has 0 fully saturated rings. The van der Waals surface area contributed by atoms with Crippen molar-refractivity contribution in [2.24, 2.45) is 0 Å². The Morgan fingerprint density at radius 3 is 1.65 bits per heavy atom. The minimum Gasteiger partial charge on any atom is -0.481 e. The van der Waals surface area contributed by atoms with Crippen molar-refractivity contribution < 1.29 is 67.9 Å². The van der Waals surface area contributed by atoms with E-state index in [4.69, 9.17) is 15.3 Å². The van der Waals surface area contributed by atoms with Gasteiger partial charge in [-0.25, -0.2) is 28.8 Å². The first-order valence-electron chi connectivity index (χ1n) is 13.3. The fourth-order valence-corrected chi connectivity index (χ4v) is 1.45. The van der Waals surface area contributed by atoms with Gasteiger partial charge in [-0.2, -0.15) is 10.1 Å². The Morgan fingerprint density at radius 2 is 1.33 bits per heavy atom. The molecule has 0 aromatic carbocycles. The lowest BCUT2D eigenvalue weighted by atomic mass is 10.2. The van der Waals surface area contributed by atoms with Crippen LogP contribution in [-0.4, -0.2) is 83.4 Å². The Balaban J connectivity index is -0.000000171. The smallest absolute Gasteiger partial charge is 0.481 e. The van der Waals surface area contributed by atoms with Crippen molar-refractivity contribution in [3.05, 3.63) is 91.4 Å². The van der Waals surface area contributed by atoms with Crippen molar-refractivity contribution in [2.45, 2.75) is 40.0 Å². The number of hydrogen-bond donors (Lipinski definition) is 4. The SMILES string of the molecule is C=C(C)C(=O)O.C=C(CC(=O)O)C(=O)O.C=CC(=O)NC(=O)[N+]#CC=CC(=C)C(=O)OC.C=CC(=O)OCC.C=CC(=O)OCCCC. The van der Waals surface area contributed by atoms with E-state index in [1.54, 1.807) is 6.92 Å². The van der Waals surface area contributed by atoms with Gasteiger partial charge in [-0.05, 0) is 26.3 Å². The molecule has 0 bridgehead atoms. The lowest BCUT2D eigenvalue weighted by Gasteiger charge is -1.97. The van der Waals surface area contributed by atoms with Gasteiger partial charge >= 0.3 is 47.8 Å². The molecular formula is C32H43N2O14+. The highest BCUT2D eigenvalue weighted by atomic mass is 16.5. The molecule has 48 heavy (non-hydrogen) atoms. The molecule has 264 valence electrons. The van der Waals surface area contributed by atoms with Crippen molar-refractivity contribution in [3.8, 4) is 6.07 Å². The highest BCUT2D eigenvalue weighted by molar-refractivity contribution is 6.03. The first kappa shape index (κ1) is 51.2. The molecule has 0 spiro atoms. The standard InChI is InChI=1S/C11H10N2O4.C7H12O2.C5H6O4.C5H8O2.C4H6O2/c1-4-9(14)13-11(16)12-7-5-6-8(2)10(15)17-3;1-3-5-6-9-7(8)4-2;1-3(5(8)9)2-4(6)7;1-3-5(6)7-4-2;1-3(2)4(5)6/h4-6H,1-2H2,3H3;4H,2-3,5-6H2,1H3;1-2H2,(H,6,7)(H,8,9);3H,1,4H2,2H3;1H2,2H3,(H,5,6)/p+1. The number of methoxy groups -OCH3 is 1. The molecule has 0 aliphatic carbocycles. The van der Waals surface area contributed by atoms with Crippen LogP contribution >= 0.6 is 0 Å². The van der Waals surface area contributed by atoms with Gasteiger partial charge < -0.3 is 29.5 Å². The average Bonchev–Trinajstić information content (AvgIpc) is 3.03. The minimum absolute atomic E-state index is 0.0813. The molecule has 4 N–H and O–H groups in total. The third-order valence-corrected chi connectivity index (χ3v) is 3.78. The summed E-state index contributed by atoms with van der Waals surface area (Å²) in [5.41, 5.74) is -0.0460. The second kappa shape index (κ2) is 35.1. The fraction of sp³-hybridized carbons (Fsp3) is 0.281. The molecule has 16 heteroatoms. The largest absolute Gasteiger partial charge is 0.606 e. The number of nitrogens with zero attached hydrogens (tertiary/aromatic N) is 1. The molecular weight excluding hydrogens is 636 g/mol. The lowest BCUT2D eigenvalue weighted by Crippen LogP contribution is -2.24. The van der Waals surface area contributed by atoms with E-state index in [9.17, 15) is 38.4 Å². The molecule has 0 atom stereocenters. The summed E-state index contributed by atoms with van der Waals surface area (Å²) in [4.78, 5) is 85.3. The monoisotopic (exact) mass is 679 g/mol. The molecule has 0 aromatic heterocycles. The van der Waals surface area contributed by atoms with Crippen molar-refractivity contribution in [2.75, 3.05) is 20.3 Å². The predicted octanol–water partition coefficient (Wildman–Crippen LogP) is 4.03. The van der Waals surface area contributed by atoms with Crippen molar-refractivity contribution >= 4 is 47.8 Å². The van der Waals surface area contributed by atoms with Crippen LogP contribution in [0.4, 0.5) is 4.79 Å². The maximum absolute atomic E-state index is 10.9. The van der Waals surface area contributed by atoms with E-state index < -0.39 is 42.2 Å². The Bertz CT molecular complexity index is 1270. The zero-order valence-corrected chi connectivity index (χ0v) is 27.4. The van der Waals surface area contributed by atoms with Gasteiger partial charge in [0, 0.05) is 35.5 Å². The zero-order valence-electron chi connectivity index (χ0n) is 27.4. The van der Waals surface area contributed by atoms with Crippen molar-refractivity contribution in [1.29, 1.82) is 0 Å². The summed E-state index contributed by atoms with van der Waals surface area (Å²) in [7, 11) is 1.22. The van der Waals surface area contributed by atoms with E-state index in [1.807, 2.05) is 12.2 Å². The summed E-state index contributed by atoms with van der Waals surface area (Å²) >= 11 is 0. The number of urea groups is 1. The van der Waals surface area contributed by atoms with Gasteiger partial charge in [0.1, 0.15) is 0 Å². The molecule has 3 amide bonds. The molecule has 0 heterocycles. The maximum Gasteiger partial charge on any atom is 0.606 e. The van der Waals surface area contributed by atoms with Crippen LogP contribution in [0.3, 0.4) is 0 Å². The van der Waals surface area contributed by atoms with Crippen LogP contribution in [-0.2, 0) is 47.8 Å². The number of ether oxygens (including phenoxy) is 3. The van der Waals surface area contributed by atoms with Crippen LogP contribution in [0.5, 0.6) is 0 Å². The second-order valence-electron chi connectivity index (χ2n) is 7.84. The first-order valence-corrected chi connectivity index (χ1v) is 13.3. The third kappa shape index (κ3) is 44.1. The van der Waals surface area contributed by atoms with Gasteiger partial charge in [0.15, 0.2) is 6.07 Å². The highest BCUT2D eigenvalue weighted by Gasteiger charge is 2.12. The summed E-state index contributed by atoms with van der Waals surface area (Å²) in [6.45, 7) is 25.4. The molecule has 0 unspecified atom stereocenters. The number of hydrogen-bond acceptors (Lipinski definition) is 11. The Morgan fingerprint density at radius 1 is 0.833 bits per heavy atom. The number of rotatable bonds is 13. The van der Waals surface area contributed by atoms with Gasteiger partial charge in [-0.3, -0.25) is 4.79 Å². The normalized spacial score (nSPS) is 8.33. The third-order valence-electron chi connectivity index (χ3n) is 3.78. The quantitative estimate of drug-likeness (QED) is 0.0537. The van der Waals surface area contributed by atoms with Gasteiger partial charge in [0.25, 0.3) is 0 Å². The van der Waals surface area contributed by atoms with Crippen molar-refractivity contribution in [1.82, 2.24) is 5.32 Å². The number of nitrogens with one attached hydrogen (secondary N) is 1. The number of carboxylic acid groups (broad SMARTS) is 3. The van der Waals surface area contributed by atoms with E-state index in [0.29, 0.717) is 13.2 Å². The molecule has 0 aliphatic heterocycles. The Labute approximate surface area is 278 Å². The summed E-state index contributed by atoms with van der Waals surface area (Å²) in [5.74, 6) is -5.33. The van der Waals surface area contributed by atoms with E-state index in [1.165, 1.54) is 32.3 Å². The average molecular weight is 680 g/mol. The maximum atomic E-state index is 10.9. The van der Waals surface area contributed by atoms with Gasteiger partial charge in [-0.1, -0.05) is 52.8 Å². The van der Waals surface area contributed by atoms with Crippen molar-refractivity contribution in [3.63, 3.8) is 0 Å². The van der Waals surface area contributed by atoms with Crippen LogP contribution in [0.15, 0.2) is 86.6 Å². The summed E-state index contributed by atoms with van der Waals surface area (Å²) < 4.78 is 13.5. The summed E-state index contributed by atoms with van der Waals surface area (Å²) in [5, 5.41) is 25.8. The number of unbranched alkanes of at least 4 members (excludes halogenated alkanes) is 1. The van der Waals surface area contributed by atoms with Gasteiger partial charge in [-0.15, -0.1) is 4.85 Å². The molecule has 0 radical (unpaired) electrons. The number of carboxylic acids is 3. The second-order valence-corrected chi connectivity index (χ2v) is 7.84. The number of amides is 3. The van der Waals surface area contributed by atoms with E-state index in [2.05, 4.69) is 64.6 Å². The van der Waals surface area contributed by atoms with Crippen LogP contribution < -0.4 is 5.32 Å². The summed E-state index contributed by atoms with van der Waals surface area (Å²) in [6.07, 6.45) is 7.18. The topological polar surface area (TPSA) is 241 Å². The van der Waals surface area contributed by atoms with Gasteiger partial charge in [0.2, 0.25) is 0 Å². The fourth-order valence-electron chi connectivity index (χ4n) is 1.45. The number of aliphatic carboxylic acids is 3. The zero-order chi connectivity index (χ0) is 38.7. The van der Waals surface area contributed by atoms with E-state index >= 15 is 0 Å². The Hall–Kier alpha value is -6.37. The molecule has 0 saturated heterocycles. The molecule has 16 nitrogen and oxygen atoms in total. The minimum atomic E-state index is -1.27.